The van der Waals surface area contributed by atoms with E-state index in [0.29, 0.717) is 25.0 Å². The summed E-state index contributed by atoms with van der Waals surface area (Å²) >= 11 is 0. The molecule has 11 nitrogen and oxygen atoms in total. The van der Waals surface area contributed by atoms with Crippen LogP contribution in [0.15, 0.2) is 40.9 Å². The number of unbranched alkanes of at least 4 members (excludes halogenated alkanes) is 14. The van der Waals surface area contributed by atoms with Crippen LogP contribution in [0.2, 0.25) is 0 Å². The van der Waals surface area contributed by atoms with Gasteiger partial charge in [0.1, 0.15) is 18.1 Å². The Bertz CT molecular complexity index is 1440. The fraction of sp³-hybridized carbons (Fsp3) is 0.755. The normalized spacial score (nSPS) is 16.8. The molecule has 1 saturated heterocycles. The minimum absolute atomic E-state index is 0.0383. The lowest BCUT2D eigenvalue weighted by Gasteiger charge is -2.19. The molecule has 3 N–H and O–H groups in total. The monoisotopic (exact) mass is 878 g/mol. The molecule has 0 bridgehead atoms. The Hall–Kier alpha value is -2.53. The average Bonchev–Trinajstić information content (AvgIpc) is 3.94. The van der Waals surface area contributed by atoms with Gasteiger partial charge in [0.25, 0.3) is 0 Å². The average molecular weight is 878 g/mol. The van der Waals surface area contributed by atoms with Crippen LogP contribution < -0.4 is 5.73 Å². The third kappa shape index (κ3) is 28.0. The van der Waals surface area contributed by atoms with Crippen molar-refractivity contribution in [2.45, 2.75) is 213 Å². The van der Waals surface area contributed by atoms with Gasteiger partial charge in [0.2, 0.25) is 0 Å². The number of allylic oxidation sites excluding steroid dienone is 5. The highest BCUT2D eigenvalue weighted by Gasteiger charge is 2.36. The molecule has 0 aliphatic carbocycles. The van der Waals surface area contributed by atoms with Crippen molar-refractivity contribution in [1.29, 1.82) is 0 Å². The number of carbonyl (C=O) groups excluding carboxylic acids is 2. The maximum atomic E-state index is 12.7. The Morgan fingerprint density at radius 3 is 1.89 bits per heavy atom. The van der Waals surface area contributed by atoms with Crippen LogP contribution in [-0.4, -0.2) is 61.5 Å². The Labute approximate surface area is 369 Å². The highest BCUT2D eigenvalue weighted by molar-refractivity contribution is 7.47. The van der Waals surface area contributed by atoms with Gasteiger partial charge in [0.05, 0.1) is 25.4 Å². The smallest absolute Gasteiger partial charge is 0.466 e. The number of esters is 2. The zero-order valence-electron chi connectivity index (χ0n) is 38.6. The molecule has 12 heteroatoms. The predicted octanol–water partition coefficient (Wildman–Crippen LogP) is 12.4. The maximum Gasteiger partial charge on any atom is 0.472 e. The van der Waals surface area contributed by atoms with Crippen LogP contribution in [0.3, 0.4) is 0 Å². The molecule has 3 unspecified atom stereocenters. The SMILES string of the molecule is CCCCCc1oc(CCCCCCCCCCCCC(=O)O[C@H](COC(=O)CCC/C=C\C/C=C\C/C=C\CC2OC2CCCCC)COP(=O)(O)OCCN)c(C)c1C. The number of rotatable bonds is 40. The third-order valence-corrected chi connectivity index (χ3v) is 12.1. The Kier molecular flexibility index (Phi) is 31.2. The number of hydrogen-bond acceptors (Lipinski definition) is 10. The molecule has 350 valence electrons. The fourth-order valence-electron chi connectivity index (χ4n) is 7.19. The van der Waals surface area contributed by atoms with Crippen molar-refractivity contribution in [1.82, 2.24) is 0 Å². The van der Waals surface area contributed by atoms with Gasteiger partial charge in [0, 0.05) is 32.2 Å². The van der Waals surface area contributed by atoms with E-state index in [2.05, 4.69) is 58.1 Å². The van der Waals surface area contributed by atoms with Crippen LogP contribution in [0.1, 0.15) is 191 Å². The number of nitrogens with two attached hydrogens (primary N) is 1. The van der Waals surface area contributed by atoms with Gasteiger partial charge in [-0.15, -0.1) is 0 Å². The van der Waals surface area contributed by atoms with Crippen molar-refractivity contribution in [2.24, 2.45) is 5.73 Å². The topological polar surface area (TPSA) is 160 Å². The van der Waals surface area contributed by atoms with Gasteiger partial charge in [-0.2, -0.15) is 0 Å². The van der Waals surface area contributed by atoms with Crippen LogP contribution >= 0.6 is 7.82 Å². The van der Waals surface area contributed by atoms with Crippen molar-refractivity contribution in [3.05, 3.63) is 59.1 Å². The van der Waals surface area contributed by atoms with Gasteiger partial charge in [-0.1, -0.05) is 134 Å². The first-order valence-corrected chi connectivity index (χ1v) is 25.4. The third-order valence-electron chi connectivity index (χ3n) is 11.2. The van der Waals surface area contributed by atoms with E-state index in [4.69, 9.17) is 33.4 Å². The first-order valence-electron chi connectivity index (χ1n) is 23.9. The Morgan fingerprint density at radius 2 is 1.25 bits per heavy atom. The van der Waals surface area contributed by atoms with E-state index in [-0.39, 0.29) is 32.6 Å². The molecule has 0 spiro atoms. The molecule has 2 rings (SSSR count). The molecular weight excluding hydrogens is 794 g/mol. The summed E-state index contributed by atoms with van der Waals surface area (Å²) in [4.78, 5) is 35.0. The van der Waals surface area contributed by atoms with E-state index in [9.17, 15) is 19.0 Å². The molecule has 1 fully saturated rings. The van der Waals surface area contributed by atoms with E-state index < -0.39 is 32.5 Å². The lowest BCUT2D eigenvalue weighted by atomic mass is 10.0. The van der Waals surface area contributed by atoms with Gasteiger partial charge in [-0.05, 0) is 82.8 Å². The number of aryl methyl sites for hydroxylation is 2. The van der Waals surface area contributed by atoms with Gasteiger partial charge >= 0.3 is 19.8 Å². The molecular formula is C49H84NO10P. The van der Waals surface area contributed by atoms with Crippen molar-refractivity contribution in [2.75, 3.05) is 26.4 Å². The highest BCUT2D eigenvalue weighted by Crippen LogP contribution is 2.43. The van der Waals surface area contributed by atoms with Crippen molar-refractivity contribution >= 4 is 19.8 Å². The summed E-state index contributed by atoms with van der Waals surface area (Å²) in [7, 11) is -4.41. The standard InChI is InChI=1S/C49H84NO10P/c1-5-7-25-31-44-41(3)42(4)45(59-44)32-27-21-17-13-9-12-16-20-24-30-36-49(52)58-43(40-57-61(53,54)56-38-37-50)39-55-48(51)35-29-23-19-15-11-10-14-18-22-28-34-47-46(60-47)33-26-8-6-2/h10,14-15,19,22,28,43,46-47H,5-9,11-13,16-18,20-21,23-27,29-40,50H2,1-4H3,(H,53,54)/b14-10-,19-15-,28-22-/t43-,46?,47?/m1/s1. The molecule has 0 amide bonds. The number of furan rings is 1. The number of phosphoric acid groups is 1. The lowest BCUT2D eigenvalue weighted by Crippen LogP contribution is -2.29. The summed E-state index contributed by atoms with van der Waals surface area (Å²) in [5.41, 5.74) is 8.04. The first-order chi connectivity index (χ1) is 29.6. The van der Waals surface area contributed by atoms with Gasteiger partial charge in [-0.3, -0.25) is 18.6 Å². The Morgan fingerprint density at radius 1 is 0.689 bits per heavy atom. The summed E-state index contributed by atoms with van der Waals surface area (Å²) < 4.78 is 44.8. The quantitative estimate of drug-likeness (QED) is 0.0212. The molecule has 1 aromatic heterocycles. The molecule has 2 heterocycles. The second-order valence-electron chi connectivity index (χ2n) is 16.6. The summed E-state index contributed by atoms with van der Waals surface area (Å²) in [5.74, 6) is 1.45. The molecule has 1 aromatic rings. The van der Waals surface area contributed by atoms with Gasteiger partial charge in [-0.25, -0.2) is 4.57 Å². The minimum atomic E-state index is -4.41. The number of epoxide rings is 1. The number of hydrogen-bond donors (Lipinski definition) is 2. The van der Waals surface area contributed by atoms with E-state index in [1.54, 1.807) is 0 Å². The van der Waals surface area contributed by atoms with Gasteiger partial charge in [0.15, 0.2) is 6.10 Å². The van der Waals surface area contributed by atoms with Gasteiger partial charge < -0.3 is 29.3 Å². The van der Waals surface area contributed by atoms with E-state index in [0.717, 1.165) is 57.8 Å². The lowest BCUT2D eigenvalue weighted by molar-refractivity contribution is -0.161. The van der Waals surface area contributed by atoms with Crippen molar-refractivity contribution < 1.29 is 46.7 Å². The van der Waals surface area contributed by atoms with E-state index >= 15 is 0 Å². The zero-order valence-corrected chi connectivity index (χ0v) is 39.4. The van der Waals surface area contributed by atoms with Crippen LogP contribution in [0, 0.1) is 13.8 Å². The fourth-order valence-corrected chi connectivity index (χ4v) is 7.96. The number of ether oxygens (including phenoxy) is 3. The van der Waals surface area contributed by atoms with Crippen LogP contribution in [-0.2, 0) is 50.3 Å². The summed E-state index contributed by atoms with van der Waals surface area (Å²) in [6, 6.07) is 0. The van der Waals surface area contributed by atoms with Crippen LogP contribution in [0.5, 0.6) is 0 Å². The zero-order chi connectivity index (χ0) is 44.4. The molecule has 61 heavy (non-hydrogen) atoms. The molecule has 0 saturated carbocycles. The minimum Gasteiger partial charge on any atom is -0.466 e. The van der Waals surface area contributed by atoms with Crippen LogP contribution in [0.4, 0.5) is 0 Å². The summed E-state index contributed by atoms with van der Waals surface area (Å²) in [5, 5.41) is 0. The number of phosphoric ester groups is 1. The molecule has 0 radical (unpaired) electrons. The number of carbonyl (C=O) groups is 2. The predicted molar refractivity (Wildman–Crippen MR) is 245 cm³/mol. The van der Waals surface area contributed by atoms with E-state index in [1.165, 1.54) is 106 Å². The first kappa shape index (κ1) is 54.6. The molecule has 1 aliphatic heterocycles. The molecule has 0 aromatic carbocycles. The largest absolute Gasteiger partial charge is 0.472 e. The summed E-state index contributed by atoms with van der Waals surface area (Å²) in [6.07, 6.45) is 38.9. The molecule has 4 atom stereocenters. The highest BCUT2D eigenvalue weighted by atomic mass is 31.2. The second kappa shape index (κ2) is 34.9. The van der Waals surface area contributed by atoms with E-state index in [1.807, 2.05) is 6.08 Å². The Balaban J connectivity index is 1.55. The molecule has 1 aliphatic rings. The van der Waals surface area contributed by atoms with Crippen molar-refractivity contribution in [3.8, 4) is 0 Å². The summed E-state index contributed by atoms with van der Waals surface area (Å²) in [6.45, 7) is 7.98. The second-order valence-corrected chi connectivity index (χ2v) is 18.0. The van der Waals surface area contributed by atoms with Crippen molar-refractivity contribution in [3.63, 3.8) is 0 Å². The maximum absolute atomic E-state index is 12.7. The van der Waals surface area contributed by atoms with Crippen LogP contribution in [0.25, 0.3) is 0 Å².